The highest BCUT2D eigenvalue weighted by atomic mass is 16.4. The van der Waals surface area contributed by atoms with E-state index in [2.05, 4.69) is 36.7 Å². The van der Waals surface area contributed by atoms with Crippen molar-refractivity contribution >= 4 is 16.9 Å². The fourth-order valence-corrected chi connectivity index (χ4v) is 3.47. The van der Waals surface area contributed by atoms with Gasteiger partial charge in [-0.05, 0) is 62.3 Å². The van der Waals surface area contributed by atoms with E-state index in [-0.39, 0.29) is 0 Å². The van der Waals surface area contributed by atoms with Crippen LogP contribution in [0.3, 0.4) is 0 Å². The Kier molecular flexibility index (Phi) is 3.96. The topological polar surface area (TPSA) is 68.2 Å². The van der Waals surface area contributed by atoms with Crippen LogP contribution in [0.4, 0.5) is 0 Å². The summed E-state index contributed by atoms with van der Waals surface area (Å²) in [4.78, 5) is 11.5. The Morgan fingerprint density at radius 3 is 2.77 bits per heavy atom. The maximum absolute atomic E-state index is 11.5. The van der Waals surface area contributed by atoms with Crippen molar-refractivity contribution in [3.63, 3.8) is 0 Å². The Morgan fingerprint density at radius 2 is 2.18 bits per heavy atom. The minimum atomic E-state index is -0.745. The molecule has 1 unspecified atom stereocenters. The smallest absolute Gasteiger partial charge is 0.306 e. The quantitative estimate of drug-likeness (QED) is 0.862. The van der Waals surface area contributed by atoms with E-state index in [1.807, 2.05) is 0 Å². The second kappa shape index (κ2) is 5.76. The van der Waals surface area contributed by atoms with E-state index < -0.39 is 11.9 Å². The molecule has 4 heteroatoms. The Morgan fingerprint density at radius 1 is 1.45 bits per heavy atom. The summed E-state index contributed by atoms with van der Waals surface area (Å²) >= 11 is 0. The van der Waals surface area contributed by atoms with E-state index in [1.54, 1.807) is 0 Å². The van der Waals surface area contributed by atoms with Gasteiger partial charge in [-0.3, -0.25) is 4.79 Å². The predicted molar refractivity (Wildman–Crippen MR) is 88.1 cm³/mol. The SMILES string of the molecule is Cc1c(CC(CCN)C(=O)O)c2c(C3CC3)cccc2n1C. The van der Waals surface area contributed by atoms with Crippen molar-refractivity contribution in [1.29, 1.82) is 0 Å². The van der Waals surface area contributed by atoms with Crippen molar-refractivity contribution in [1.82, 2.24) is 4.57 Å². The fourth-order valence-electron chi connectivity index (χ4n) is 3.47. The van der Waals surface area contributed by atoms with E-state index >= 15 is 0 Å². The lowest BCUT2D eigenvalue weighted by Crippen LogP contribution is -2.20. The average molecular weight is 300 g/mol. The lowest BCUT2D eigenvalue weighted by Gasteiger charge is -2.12. The van der Waals surface area contributed by atoms with Crippen LogP contribution in [-0.4, -0.2) is 22.2 Å². The van der Waals surface area contributed by atoms with E-state index in [0.29, 0.717) is 25.3 Å². The summed E-state index contributed by atoms with van der Waals surface area (Å²) < 4.78 is 2.19. The summed E-state index contributed by atoms with van der Waals surface area (Å²) in [6.07, 6.45) is 3.59. The van der Waals surface area contributed by atoms with Gasteiger partial charge in [-0.2, -0.15) is 0 Å². The second-order valence-corrected chi connectivity index (χ2v) is 6.46. The molecule has 0 bridgehead atoms. The van der Waals surface area contributed by atoms with E-state index in [9.17, 15) is 9.90 Å². The second-order valence-electron chi connectivity index (χ2n) is 6.46. The number of benzene rings is 1. The average Bonchev–Trinajstić information content (AvgIpc) is 3.30. The highest BCUT2D eigenvalue weighted by molar-refractivity contribution is 5.90. The van der Waals surface area contributed by atoms with Crippen LogP contribution in [0.25, 0.3) is 10.9 Å². The van der Waals surface area contributed by atoms with Crippen LogP contribution in [0.1, 0.15) is 42.0 Å². The number of aryl methyl sites for hydroxylation is 1. The molecule has 4 nitrogen and oxygen atoms in total. The predicted octanol–water partition coefficient (Wildman–Crippen LogP) is 2.96. The minimum absolute atomic E-state index is 0.401. The van der Waals surface area contributed by atoms with Gasteiger partial charge in [0.05, 0.1) is 5.92 Å². The molecule has 3 N–H and O–H groups in total. The van der Waals surface area contributed by atoms with Crippen LogP contribution in [0.5, 0.6) is 0 Å². The van der Waals surface area contributed by atoms with Gasteiger partial charge in [0.25, 0.3) is 0 Å². The number of rotatable bonds is 6. The highest BCUT2D eigenvalue weighted by Gasteiger charge is 2.29. The molecule has 1 saturated carbocycles. The van der Waals surface area contributed by atoms with Gasteiger partial charge in [-0.1, -0.05) is 12.1 Å². The molecule has 1 aromatic carbocycles. The van der Waals surface area contributed by atoms with E-state index in [1.165, 1.54) is 40.6 Å². The Hall–Kier alpha value is -1.81. The number of nitrogens with two attached hydrogens (primary N) is 1. The zero-order valence-electron chi connectivity index (χ0n) is 13.3. The van der Waals surface area contributed by atoms with Crippen LogP contribution in [0.15, 0.2) is 18.2 Å². The number of carboxylic acid groups (broad SMARTS) is 1. The van der Waals surface area contributed by atoms with E-state index in [0.717, 1.165) is 0 Å². The molecule has 1 aliphatic carbocycles. The molecule has 1 aliphatic rings. The largest absolute Gasteiger partial charge is 0.481 e. The number of carboxylic acids is 1. The van der Waals surface area contributed by atoms with Crippen molar-refractivity contribution in [2.24, 2.45) is 18.7 Å². The summed E-state index contributed by atoms with van der Waals surface area (Å²) in [6.45, 7) is 2.50. The third-order valence-corrected chi connectivity index (χ3v) is 5.01. The number of fused-ring (bicyclic) bond motifs is 1. The third-order valence-electron chi connectivity index (χ3n) is 5.01. The van der Waals surface area contributed by atoms with Crippen LogP contribution in [0, 0.1) is 12.8 Å². The molecule has 0 saturated heterocycles. The first-order chi connectivity index (χ1) is 10.5. The molecule has 0 aliphatic heterocycles. The minimum Gasteiger partial charge on any atom is -0.481 e. The first kappa shape index (κ1) is 15.1. The Balaban J connectivity index is 2.11. The maximum Gasteiger partial charge on any atom is 0.306 e. The molecule has 22 heavy (non-hydrogen) atoms. The number of nitrogens with zero attached hydrogens (tertiary/aromatic N) is 1. The molecule has 1 fully saturated rings. The van der Waals surface area contributed by atoms with Gasteiger partial charge < -0.3 is 15.4 Å². The van der Waals surface area contributed by atoms with Gasteiger partial charge in [0, 0.05) is 23.6 Å². The van der Waals surface area contributed by atoms with Gasteiger partial charge in [0.2, 0.25) is 0 Å². The zero-order valence-corrected chi connectivity index (χ0v) is 13.3. The summed E-state index contributed by atoms with van der Waals surface area (Å²) in [6, 6.07) is 6.46. The van der Waals surface area contributed by atoms with Crippen LogP contribution in [-0.2, 0) is 18.3 Å². The van der Waals surface area contributed by atoms with Crippen molar-refractivity contribution in [2.45, 2.75) is 38.5 Å². The lowest BCUT2D eigenvalue weighted by molar-refractivity contribution is -0.141. The third kappa shape index (κ3) is 2.52. The van der Waals surface area contributed by atoms with E-state index in [4.69, 9.17) is 5.73 Å². The molecule has 0 amide bonds. The molecule has 2 aromatic rings. The normalized spacial score (nSPS) is 16.1. The van der Waals surface area contributed by atoms with Crippen molar-refractivity contribution < 1.29 is 9.90 Å². The van der Waals surface area contributed by atoms with Crippen molar-refractivity contribution in [3.8, 4) is 0 Å². The first-order valence-electron chi connectivity index (χ1n) is 8.04. The van der Waals surface area contributed by atoms with Gasteiger partial charge in [0.15, 0.2) is 0 Å². The zero-order chi connectivity index (χ0) is 15.9. The van der Waals surface area contributed by atoms with Crippen molar-refractivity contribution in [2.75, 3.05) is 6.54 Å². The van der Waals surface area contributed by atoms with Gasteiger partial charge in [0.1, 0.15) is 0 Å². The maximum atomic E-state index is 11.5. The van der Waals surface area contributed by atoms with Gasteiger partial charge >= 0.3 is 5.97 Å². The molecular formula is C18H24N2O2. The molecular weight excluding hydrogens is 276 g/mol. The molecule has 1 heterocycles. The fraction of sp³-hybridized carbons (Fsp3) is 0.500. The van der Waals surface area contributed by atoms with Crippen LogP contribution in [0.2, 0.25) is 0 Å². The monoisotopic (exact) mass is 300 g/mol. The summed E-state index contributed by atoms with van der Waals surface area (Å²) in [5, 5.41) is 10.7. The molecule has 3 rings (SSSR count). The highest BCUT2D eigenvalue weighted by Crippen LogP contribution is 2.45. The standard InChI is InChI=1S/C18H24N2O2/c1-11-15(10-13(8-9-19)18(21)22)17-14(12-6-7-12)4-3-5-16(17)20(11)2/h3-5,12-13H,6-10,19H2,1-2H3,(H,21,22). The van der Waals surface area contributed by atoms with Gasteiger partial charge in [-0.15, -0.1) is 0 Å². The van der Waals surface area contributed by atoms with Crippen LogP contribution < -0.4 is 5.73 Å². The lowest BCUT2D eigenvalue weighted by atomic mass is 9.92. The molecule has 1 atom stereocenters. The van der Waals surface area contributed by atoms with Crippen LogP contribution >= 0.6 is 0 Å². The number of hydrogen-bond donors (Lipinski definition) is 2. The Labute approximate surface area is 130 Å². The number of aromatic nitrogens is 1. The first-order valence-corrected chi connectivity index (χ1v) is 8.04. The number of aliphatic carboxylic acids is 1. The molecule has 0 radical (unpaired) electrons. The summed E-state index contributed by atoms with van der Waals surface area (Å²) in [5.74, 6) is -0.491. The Bertz CT molecular complexity index is 713. The summed E-state index contributed by atoms with van der Waals surface area (Å²) in [7, 11) is 2.07. The van der Waals surface area contributed by atoms with Crippen molar-refractivity contribution in [3.05, 3.63) is 35.0 Å². The molecule has 0 spiro atoms. The molecule has 1 aromatic heterocycles. The van der Waals surface area contributed by atoms with Gasteiger partial charge in [-0.25, -0.2) is 0 Å². The number of hydrogen-bond acceptors (Lipinski definition) is 2. The summed E-state index contributed by atoms with van der Waals surface area (Å²) in [5.41, 5.74) is 10.6. The molecule has 118 valence electrons. The number of carbonyl (C=O) groups is 1.